The largest absolute Gasteiger partial charge is 0.481 e. The monoisotopic (exact) mass is 1750 g/mol. The maximum atomic E-state index is 11.7. The van der Waals surface area contributed by atoms with Gasteiger partial charge < -0.3 is 55.8 Å². The van der Waals surface area contributed by atoms with E-state index in [1.54, 1.807) is 125 Å². The first-order chi connectivity index (χ1) is 55.1. The summed E-state index contributed by atoms with van der Waals surface area (Å²) >= 11 is 0. The van der Waals surface area contributed by atoms with Crippen LogP contribution < -0.4 is 0 Å². The summed E-state index contributed by atoms with van der Waals surface area (Å²) in [5, 5.41) is 85.3. The van der Waals surface area contributed by atoms with Gasteiger partial charge >= 0.3 is 59.7 Å². The quantitative estimate of drug-likeness (QED) is 0.0270. The van der Waals surface area contributed by atoms with Crippen LogP contribution in [0.5, 0.6) is 0 Å². The summed E-state index contributed by atoms with van der Waals surface area (Å²) in [4.78, 5) is 216. The summed E-state index contributed by atoms with van der Waals surface area (Å²) in [7, 11) is 0. The van der Waals surface area contributed by atoms with Crippen LogP contribution in [0, 0.1) is 98.1 Å². The number of ether oxygens (including phenoxy) is 1. The molecule has 4 atom stereocenters. The van der Waals surface area contributed by atoms with E-state index in [1.807, 2.05) is 83.1 Å². The fraction of sp³-hybridized carbons (Fsp3) is 0.780. The zero-order valence-corrected chi connectivity index (χ0v) is 79.4. The molecule has 1 rings (SSSR count). The summed E-state index contributed by atoms with van der Waals surface area (Å²) in [5.74, 6) is -8.92. The van der Waals surface area contributed by atoms with E-state index in [0.29, 0.717) is 44.9 Å². The van der Waals surface area contributed by atoms with E-state index in [1.165, 1.54) is 0 Å². The summed E-state index contributed by atoms with van der Waals surface area (Å²) in [6, 6.07) is 0. The standard InChI is InChI=1S/C12H20O3.C11H20O3.2C10H18O3.2C9H16O3.2C8H14O3.C7H12O4.C7H12O3/c1-9(2)10(13)7-12(8-11(14)15)5-3-4-6-12;1-5-11(4,7-10(13)14)6-9(12)8(2)3;1-7(2)8(11)5-10(3,4)6-9(12)13;1-5-10(4,9(12)13)6-8(11)7(2)3;1-6(2)7(10)5-9(3,4)8(11)12;1-6(2)8(10)4-7(3)5-9(11)12;1-5(2)7(9)4-6(3)8(10)11;1-6(2)7(9)4-3-5-8(10)11;1-5(2)6(8)3-11-4-7(9)10;1-5(2)6(8)3-4-7(9)10/h9H,3-8H2,1-2H3,(H,14,15);8H,5-7H2,1-4H3,(H,13,14);2*7H,5-6H2,1-4H3,(H,12,13);6H,5H2,1-4H3,(H,11,12);6-7H,4-5H2,1-3H3,(H,11,12);5-6H,4H2,1-3H3,(H,10,11);6H,3-5H2,1-2H3,(H,10,11);5H,3-4H2,1-2H3,(H,9,10);5H,3-4H2,1-2H3,(H,9,10). The second-order valence-corrected chi connectivity index (χ2v) is 36.6. The van der Waals surface area contributed by atoms with Gasteiger partial charge in [0.25, 0.3) is 0 Å². The Hall–Kier alpha value is -8.64. The van der Waals surface area contributed by atoms with Gasteiger partial charge in [0, 0.05) is 130 Å². The Bertz CT molecular complexity index is 3210. The second kappa shape index (κ2) is 68.8. The van der Waals surface area contributed by atoms with Crippen LogP contribution in [-0.4, -0.2) is 182 Å². The maximum absolute atomic E-state index is 11.7. The van der Waals surface area contributed by atoms with Crippen LogP contribution in [0.2, 0.25) is 0 Å². The molecular weight excluding hydrogens is 1590 g/mol. The van der Waals surface area contributed by atoms with Gasteiger partial charge in [-0.3, -0.25) is 91.1 Å². The molecule has 31 heteroatoms. The minimum absolute atomic E-state index is 0.00222. The normalized spacial score (nSPS) is 13.3. The van der Waals surface area contributed by atoms with E-state index < -0.39 is 88.5 Å². The van der Waals surface area contributed by atoms with Crippen molar-refractivity contribution in [3.63, 3.8) is 0 Å². The van der Waals surface area contributed by atoms with Gasteiger partial charge in [-0.2, -0.15) is 0 Å². The van der Waals surface area contributed by atoms with Crippen molar-refractivity contribution in [2.45, 2.75) is 349 Å². The lowest BCUT2D eigenvalue weighted by Crippen LogP contribution is -2.31. The number of hydrogen-bond donors (Lipinski definition) is 10. The molecule has 31 nitrogen and oxygen atoms in total. The maximum Gasteiger partial charge on any atom is 0.329 e. The molecule has 0 saturated heterocycles. The molecule has 0 heterocycles. The summed E-state index contributed by atoms with van der Waals surface area (Å²) in [6.07, 6.45) is 8.51. The number of rotatable bonds is 48. The van der Waals surface area contributed by atoms with Crippen molar-refractivity contribution in [3.05, 3.63) is 0 Å². The summed E-state index contributed by atoms with van der Waals surface area (Å²) in [6.45, 7) is 52.9. The first-order valence-corrected chi connectivity index (χ1v) is 42.2. The summed E-state index contributed by atoms with van der Waals surface area (Å²) < 4.78 is 4.57. The molecule has 0 amide bonds. The highest BCUT2D eigenvalue weighted by molar-refractivity contribution is 5.89. The molecule has 0 bridgehead atoms. The molecular formula is C91H160O31. The lowest BCUT2D eigenvalue weighted by molar-refractivity contribution is -0.151. The number of ketones is 10. The first-order valence-electron chi connectivity index (χ1n) is 42.2. The van der Waals surface area contributed by atoms with Crippen LogP contribution >= 0.6 is 0 Å². The molecule has 0 spiro atoms. The van der Waals surface area contributed by atoms with Gasteiger partial charge in [-0.25, -0.2) is 4.79 Å². The average molecular weight is 1750 g/mol. The Morgan fingerprint density at radius 1 is 0.303 bits per heavy atom. The van der Waals surface area contributed by atoms with E-state index in [9.17, 15) is 95.9 Å². The van der Waals surface area contributed by atoms with Gasteiger partial charge in [-0.15, -0.1) is 0 Å². The van der Waals surface area contributed by atoms with E-state index >= 15 is 0 Å². The third-order valence-electron chi connectivity index (χ3n) is 19.4. The predicted molar refractivity (Wildman–Crippen MR) is 463 cm³/mol. The smallest absolute Gasteiger partial charge is 0.329 e. The molecule has 0 aromatic rings. The van der Waals surface area contributed by atoms with Crippen LogP contribution in [0.4, 0.5) is 0 Å². The number of aliphatic carboxylic acids is 10. The molecule has 1 aliphatic carbocycles. The molecule has 1 aliphatic rings. The topological polar surface area (TPSA) is 553 Å². The Morgan fingerprint density at radius 3 is 0.975 bits per heavy atom. The molecule has 10 N–H and O–H groups in total. The van der Waals surface area contributed by atoms with Crippen LogP contribution in [0.1, 0.15) is 349 Å². The van der Waals surface area contributed by atoms with Crippen molar-refractivity contribution in [1.29, 1.82) is 0 Å². The van der Waals surface area contributed by atoms with Crippen LogP contribution in [-0.2, 0) is 101 Å². The van der Waals surface area contributed by atoms with Crippen molar-refractivity contribution in [2.75, 3.05) is 13.2 Å². The SMILES string of the molecule is CC(C)C(=O)CC(C)(C)C(=O)O.CC(C)C(=O)CC(C)(C)CC(=O)O.CC(C)C(=O)CC(C)C(=O)O.CC(C)C(=O)CC1(CC(=O)O)CCCC1.CC(C)C(=O)CCC(=O)O.CC(C)C(=O)CCCC(=O)O.CC(C)C(=O)COCC(=O)O.CC(CC(=O)O)CC(=O)C(C)C.CCC(C)(CC(=O)C(C)C)C(=O)O.CCC(C)(CC(=O)O)CC(=O)C(C)C. The Kier molecular flexibility index (Phi) is 74.1. The molecule has 0 aromatic heterocycles. The Morgan fingerprint density at radius 2 is 0.664 bits per heavy atom. The van der Waals surface area contributed by atoms with Gasteiger partial charge in [0.1, 0.15) is 65.3 Å². The lowest BCUT2D eigenvalue weighted by Gasteiger charge is -2.27. The van der Waals surface area contributed by atoms with Crippen LogP contribution in [0.15, 0.2) is 0 Å². The minimum atomic E-state index is -1.05. The number of carbonyl (C=O) groups is 20. The number of carbonyl (C=O) groups excluding carboxylic acids is 10. The highest BCUT2D eigenvalue weighted by Crippen LogP contribution is 2.45. The third-order valence-corrected chi connectivity index (χ3v) is 19.4. The molecule has 0 radical (unpaired) electrons. The molecule has 1 fully saturated rings. The van der Waals surface area contributed by atoms with Gasteiger partial charge in [0.05, 0.1) is 42.4 Å². The van der Waals surface area contributed by atoms with E-state index in [4.69, 9.17) is 51.1 Å². The molecule has 4 unspecified atom stereocenters. The van der Waals surface area contributed by atoms with E-state index in [0.717, 1.165) is 32.1 Å². The predicted octanol–water partition coefficient (Wildman–Crippen LogP) is 16.9. The van der Waals surface area contributed by atoms with Crippen molar-refractivity contribution in [3.8, 4) is 0 Å². The van der Waals surface area contributed by atoms with Crippen LogP contribution in [0.3, 0.4) is 0 Å². The van der Waals surface area contributed by atoms with E-state index in [-0.39, 0.29) is 205 Å². The number of hydrogen-bond acceptors (Lipinski definition) is 21. The molecule has 0 aliphatic heterocycles. The van der Waals surface area contributed by atoms with E-state index in [2.05, 4.69) is 4.74 Å². The average Bonchev–Trinajstić information content (AvgIpc) is 1.68. The van der Waals surface area contributed by atoms with Gasteiger partial charge in [-0.05, 0) is 75.0 Å². The zero-order valence-electron chi connectivity index (χ0n) is 79.4. The highest BCUT2D eigenvalue weighted by Gasteiger charge is 2.39. The Balaban J connectivity index is -0.000000166. The van der Waals surface area contributed by atoms with Gasteiger partial charge in [0.15, 0.2) is 5.78 Å². The van der Waals surface area contributed by atoms with Crippen LogP contribution in [0.25, 0.3) is 0 Å². The van der Waals surface area contributed by atoms with Crippen molar-refractivity contribution >= 4 is 118 Å². The fourth-order valence-corrected chi connectivity index (χ4v) is 9.74. The number of carboxylic acids is 10. The van der Waals surface area contributed by atoms with Gasteiger partial charge in [0.2, 0.25) is 0 Å². The second-order valence-electron chi connectivity index (χ2n) is 36.6. The number of carboxylic acid groups (broad SMARTS) is 10. The van der Waals surface area contributed by atoms with Crippen molar-refractivity contribution in [1.82, 2.24) is 0 Å². The third kappa shape index (κ3) is 78.6. The number of Topliss-reactive ketones (excluding diaryl/α,β-unsaturated/α-hetero) is 10. The fourth-order valence-electron chi connectivity index (χ4n) is 9.74. The minimum Gasteiger partial charge on any atom is -0.481 e. The highest BCUT2D eigenvalue weighted by atomic mass is 16.5. The molecule has 0 aromatic carbocycles. The molecule has 710 valence electrons. The first kappa shape index (κ1) is 131. The van der Waals surface area contributed by atoms with Crippen molar-refractivity contribution in [2.24, 2.45) is 98.1 Å². The van der Waals surface area contributed by atoms with Gasteiger partial charge in [-0.1, -0.05) is 200 Å². The molecule has 122 heavy (non-hydrogen) atoms. The zero-order chi connectivity index (χ0) is 98.7. The van der Waals surface area contributed by atoms with Crippen molar-refractivity contribution < 1.29 is 152 Å². The molecule has 1 saturated carbocycles. The summed E-state index contributed by atoms with van der Waals surface area (Å²) in [5.41, 5.74) is -2.85. The lowest BCUT2D eigenvalue weighted by atomic mass is 9.76. The Labute approximate surface area is 726 Å².